The van der Waals surface area contributed by atoms with Gasteiger partial charge in [-0.05, 0) is 49.5 Å². The average Bonchev–Trinajstić information content (AvgIpc) is 3.29. The molecule has 0 fully saturated rings. The fraction of sp³-hybridized carbons (Fsp3) is 0.148. The minimum absolute atomic E-state index is 0.0463. The third kappa shape index (κ3) is 12.5. The summed E-state index contributed by atoms with van der Waals surface area (Å²) in [7, 11) is 0. The van der Waals surface area contributed by atoms with Crippen LogP contribution >= 0.6 is 0 Å². The SMILES string of the molecule is CC(F)(F)C(=O)c1c2ccccc2cc2ccccc12.CC(F)(F)C(=O)c1cccc2ccccc12.CC(F)(F)C(=O)c1ccccc1.CC(F)(F)C(=O)c1ccccc1-c1ccccc1. The summed E-state index contributed by atoms with van der Waals surface area (Å²) in [6.45, 7) is 2.49. The van der Waals surface area contributed by atoms with Crippen LogP contribution in [0.3, 0.4) is 0 Å². The first-order chi connectivity index (χ1) is 31.0. The fourth-order valence-electron chi connectivity index (χ4n) is 6.77. The average molecular weight is 907 g/mol. The Morgan fingerprint density at radius 3 is 1.20 bits per heavy atom. The molecule has 0 aliphatic carbocycles. The van der Waals surface area contributed by atoms with E-state index < -0.39 is 46.8 Å². The molecule has 0 spiro atoms. The van der Waals surface area contributed by atoms with E-state index in [0.29, 0.717) is 49.4 Å². The molecule has 0 radical (unpaired) electrons. The number of Topliss-reactive ketones (excluding diaryl/α,β-unsaturated/α-hetero) is 4. The van der Waals surface area contributed by atoms with Crippen LogP contribution in [-0.2, 0) is 0 Å². The molecule has 0 aliphatic rings. The number of carbonyl (C=O) groups excluding carboxylic acids is 4. The molecule has 66 heavy (non-hydrogen) atoms. The molecule has 4 nitrogen and oxygen atoms in total. The highest BCUT2D eigenvalue weighted by molar-refractivity contribution is 6.21. The molecule has 8 rings (SSSR count). The van der Waals surface area contributed by atoms with Gasteiger partial charge in [0.1, 0.15) is 0 Å². The second-order valence-electron chi connectivity index (χ2n) is 15.4. The monoisotopic (exact) mass is 906 g/mol. The van der Waals surface area contributed by atoms with Crippen LogP contribution in [0.5, 0.6) is 0 Å². The normalized spacial score (nSPS) is 11.6. The van der Waals surface area contributed by atoms with Crippen LogP contribution in [-0.4, -0.2) is 46.8 Å². The summed E-state index contributed by atoms with van der Waals surface area (Å²) >= 11 is 0. The van der Waals surface area contributed by atoms with Crippen molar-refractivity contribution in [2.75, 3.05) is 0 Å². The van der Waals surface area contributed by atoms with Crippen molar-refractivity contribution in [3.8, 4) is 11.1 Å². The standard InChI is InChI=1S/C17H12F2O.C15H12F2O.C13H10F2O.C9H8F2O/c1-17(18,19)16(20)15-13-8-4-2-6-11(13)10-12-7-3-5-9-14(12)15;1-15(16,17)14(18)13-10-6-5-9-12(13)11-7-3-2-4-8-11;1-13(14,15)12(16)11-8-4-6-9-5-2-3-7-10(9)11;1-9(10,11)8(12)7-5-3-2-4-6-7/h2-10H,1H3;2-10H,1H3;2-8H,1H3;2-6H,1H3. The zero-order chi connectivity index (χ0) is 48.5. The fourth-order valence-corrected chi connectivity index (χ4v) is 6.77. The lowest BCUT2D eigenvalue weighted by atomic mass is 9.92. The first-order valence-corrected chi connectivity index (χ1v) is 20.3. The van der Waals surface area contributed by atoms with Crippen LogP contribution in [0, 0.1) is 0 Å². The highest BCUT2D eigenvalue weighted by Crippen LogP contribution is 2.33. The van der Waals surface area contributed by atoms with Crippen molar-refractivity contribution in [1.29, 1.82) is 0 Å². The predicted octanol–water partition coefficient (Wildman–Crippen LogP) is 15.2. The van der Waals surface area contributed by atoms with Gasteiger partial charge in [0.2, 0.25) is 23.1 Å². The van der Waals surface area contributed by atoms with Gasteiger partial charge in [-0.3, -0.25) is 19.2 Å². The van der Waals surface area contributed by atoms with Crippen molar-refractivity contribution in [2.45, 2.75) is 51.4 Å². The van der Waals surface area contributed by atoms with Gasteiger partial charge in [0.25, 0.3) is 0 Å². The third-order valence-electron chi connectivity index (χ3n) is 9.92. The number of hydrogen-bond acceptors (Lipinski definition) is 4. The maximum atomic E-state index is 13.5. The van der Waals surface area contributed by atoms with E-state index in [1.54, 1.807) is 121 Å². The van der Waals surface area contributed by atoms with E-state index in [9.17, 15) is 54.3 Å². The van der Waals surface area contributed by atoms with Gasteiger partial charge in [0.05, 0.1) is 0 Å². The lowest BCUT2D eigenvalue weighted by Crippen LogP contribution is -2.24. The van der Waals surface area contributed by atoms with Gasteiger partial charge in [-0.1, -0.05) is 176 Å². The molecule has 0 saturated heterocycles. The zero-order valence-electron chi connectivity index (χ0n) is 36.0. The second kappa shape index (κ2) is 20.7. The van der Waals surface area contributed by atoms with Crippen LogP contribution in [0.25, 0.3) is 43.4 Å². The van der Waals surface area contributed by atoms with Gasteiger partial charge in [-0.2, -0.15) is 35.1 Å². The molecule has 338 valence electrons. The van der Waals surface area contributed by atoms with Crippen molar-refractivity contribution >= 4 is 55.5 Å². The molecule has 8 aromatic rings. The van der Waals surface area contributed by atoms with Gasteiger partial charge < -0.3 is 0 Å². The summed E-state index contributed by atoms with van der Waals surface area (Å²) in [5, 5.41) is 4.07. The van der Waals surface area contributed by atoms with Crippen molar-refractivity contribution in [2.24, 2.45) is 0 Å². The number of hydrogen-bond donors (Lipinski definition) is 0. The number of alkyl halides is 8. The highest BCUT2D eigenvalue weighted by atomic mass is 19.3. The van der Waals surface area contributed by atoms with Crippen molar-refractivity contribution < 1.29 is 54.3 Å². The Hall–Kier alpha value is -7.34. The topological polar surface area (TPSA) is 68.3 Å². The molecule has 0 heterocycles. The first-order valence-electron chi connectivity index (χ1n) is 20.3. The molecule has 0 unspecified atom stereocenters. The summed E-state index contributed by atoms with van der Waals surface area (Å²) in [5.41, 5.74) is 1.56. The smallest absolute Gasteiger partial charge is 0.287 e. The Morgan fingerprint density at radius 2 is 0.697 bits per heavy atom. The summed E-state index contributed by atoms with van der Waals surface area (Å²) in [5.74, 6) is -17.9. The molecule has 0 aliphatic heterocycles. The Bertz CT molecular complexity index is 2920. The molecule has 12 heteroatoms. The molecule has 0 aromatic heterocycles. The quantitative estimate of drug-likeness (QED) is 0.0822. The summed E-state index contributed by atoms with van der Waals surface area (Å²) < 4.78 is 104. The van der Waals surface area contributed by atoms with Gasteiger partial charge in [-0.15, -0.1) is 0 Å². The van der Waals surface area contributed by atoms with E-state index in [0.717, 1.165) is 21.7 Å². The Labute approximate surface area is 375 Å². The van der Waals surface area contributed by atoms with Crippen LogP contribution in [0.2, 0.25) is 0 Å². The number of ketones is 4. The first kappa shape index (κ1) is 49.7. The van der Waals surface area contributed by atoms with E-state index in [-0.39, 0.29) is 22.3 Å². The van der Waals surface area contributed by atoms with Gasteiger partial charge in [0, 0.05) is 49.9 Å². The molecule has 8 aromatic carbocycles. The molecular weight excluding hydrogens is 865 g/mol. The number of halogens is 8. The summed E-state index contributed by atoms with van der Waals surface area (Å²) in [4.78, 5) is 46.3. The van der Waals surface area contributed by atoms with Crippen LogP contribution in [0.15, 0.2) is 182 Å². The van der Waals surface area contributed by atoms with Gasteiger partial charge in [0.15, 0.2) is 0 Å². The molecule has 0 amide bonds. The lowest BCUT2D eigenvalue weighted by Gasteiger charge is -2.14. The van der Waals surface area contributed by atoms with Crippen LogP contribution in [0.4, 0.5) is 35.1 Å². The highest BCUT2D eigenvalue weighted by Gasteiger charge is 2.37. The molecule has 0 saturated carbocycles. The minimum atomic E-state index is -3.38. The summed E-state index contributed by atoms with van der Waals surface area (Å²) in [6.07, 6.45) is 0. The Morgan fingerprint density at radius 1 is 0.333 bits per heavy atom. The maximum Gasteiger partial charge on any atom is 0.307 e. The Balaban J connectivity index is 0.000000168. The van der Waals surface area contributed by atoms with E-state index in [1.807, 2.05) is 36.4 Å². The van der Waals surface area contributed by atoms with E-state index in [4.69, 9.17) is 0 Å². The van der Waals surface area contributed by atoms with Crippen molar-refractivity contribution in [3.05, 3.63) is 204 Å². The van der Waals surface area contributed by atoms with Crippen LogP contribution in [0.1, 0.15) is 69.1 Å². The molecular formula is C54H42F8O4. The largest absolute Gasteiger partial charge is 0.307 e. The summed E-state index contributed by atoms with van der Waals surface area (Å²) in [6, 6.07) is 51.0. The minimum Gasteiger partial charge on any atom is -0.287 e. The van der Waals surface area contributed by atoms with Crippen LogP contribution < -0.4 is 0 Å². The molecule has 0 bridgehead atoms. The predicted molar refractivity (Wildman–Crippen MR) is 244 cm³/mol. The Kier molecular flexibility index (Phi) is 15.5. The molecule has 0 atom stereocenters. The van der Waals surface area contributed by atoms with E-state index in [2.05, 4.69) is 0 Å². The number of rotatable bonds is 9. The zero-order valence-corrected chi connectivity index (χ0v) is 36.0. The molecule has 0 N–H and O–H groups in total. The van der Waals surface area contributed by atoms with E-state index in [1.165, 1.54) is 24.3 Å². The second-order valence-corrected chi connectivity index (χ2v) is 15.4. The third-order valence-corrected chi connectivity index (χ3v) is 9.92. The van der Waals surface area contributed by atoms with Gasteiger partial charge >= 0.3 is 23.7 Å². The lowest BCUT2D eigenvalue weighted by molar-refractivity contribution is 0.0221. The van der Waals surface area contributed by atoms with Crippen molar-refractivity contribution in [1.82, 2.24) is 0 Å². The number of carbonyl (C=O) groups is 4. The van der Waals surface area contributed by atoms with Gasteiger partial charge in [-0.25, -0.2) is 0 Å². The van der Waals surface area contributed by atoms with E-state index >= 15 is 0 Å². The number of benzene rings is 8. The maximum absolute atomic E-state index is 13.5. The van der Waals surface area contributed by atoms with Crippen molar-refractivity contribution in [3.63, 3.8) is 0 Å². The number of fused-ring (bicyclic) bond motifs is 3.